The summed E-state index contributed by atoms with van der Waals surface area (Å²) in [7, 11) is -2.97. The lowest BCUT2D eigenvalue weighted by molar-refractivity contribution is -0.143. The molecule has 110 valence electrons. The SMILES string of the molecule is CCN(CC(C)C(=O)O)C(=O)CC1CCS(=O)(=O)C1. The number of carboxylic acids is 1. The molecule has 1 fully saturated rings. The van der Waals surface area contributed by atoms with Gasteiger partial charge in [0.1, 0.15) is 0 Å². The summed E-state index contributed by atoms with van der Waals surface area (Å²) in [6.45, 7) is 3.95. The van der Waals surface area contributed by atoms with Crippen LogP contribution in [-0.4, -0.2) is 54.9 Å². The van der Waals surface area contributed by atoms with Crippen LogP contribution in [0, 0.1) is 11.8 Å². The predicted molar refractivity (Wildman–Crippen MR) is 70.4 cm³/mol. The summed E-state index contributed by atoms with van der Waals surface area (Å²) in [6.07, 6.45) is 0.722. The molecule has 0 aromatic heterocycles. The average molecular weight is 291 g/mol. The third-order valence-corrected chi connectivity index (χ3v) is 5.28. The summed E-state index contributed by atoms with van der Waals surface area (Å²) in [4.78, 5) is 24.3. The molecule has 0 bridgehead atoms. The number of carbonyl (C=O) groups excluding carboxylic acids is 1. The Morgan fingerprint density at radius 3 is 2.47 bits per heavy atom. The van der Waals surface area contributed by atoms with Crippen molar-refractivity contribution in [2.45, 2.75) is 26.7 Å². The molecule has 1 N–H and O–H groups in total. The number of rotatable bonds is 6. The van der Waals surface area contributed by atoms with Gasteiger partial charge in [-0.2, -0.15) is 0 Å². The third kappa shape index (κ3) is 4.81. The van der Waals surface area contributed by atoms with Crippen LogP contribution < -0.4 is 0 Å². The lowest BCUT2D eigenvalue weighted by atomic mass is 10.0. The van der Waals surface area contributed by atoms with Crippen LogP contribution in [0.5, 0.6) is 0 Å². The van der Waals surface area contributed by atoms with E-state index in [2.05, 4.69) is 0 Å². The Bertz CT molecular complexity index is 445. The first-order chi connectivity index (χ1) is 8.75. The van der Waals surface area contributed by atoms with Gasteiger partial charge in [0.05, 0.1) is 17.4 Å². The van der Waals surface area contributed by atoms with Gasteiger partial charge in [-0.3, -0.25) is 9.59 Å². The summed E-state index contributed by atoms with van der Waals surface area (Å²) in [5.41, 5.74) is 0. The Balaban J connectivity index is 2.53. The lowest BCUT2D eigenvalue weighted by Crippen LogP contribution is -2.37. The van der Waals surface area contributed by atoms with E-state index in [9.17, 15) is 18.0 Å². The first-order valence-corrected chi connectivity index (χ1v) is 8.28. The molecule has 2 unspecified atom stereocenters. The van der Waals surface area contributed by atoms with E-state index in [0.29, 0.717) is 13.0 Å². The number of nitrogens with zero attached hydrogens (tertiary/aromatic N) is 1. The molecule has 1 amide bonds. The molecule has 19 heavy (non-hydrogen) atoms. The topological polar surface area (TPSA) is 91.8 Å². The van der Waals surface area contributed by atoms with E-state index in [1.807, 2.05) is 0 Å². The maximum absolute atomic E-state index is 12.0. The van der Waals surface area contributed by atoms with E-state index in [0.717, 1.165) is 0 Å². The van der Waals surface area contributed by atoms with Crippen molar-refractivity contribution >= 4 is 21.7 Å². The molecule has 0 spiro atoms. The molecular weight excluding hydrogens is 270 g/mol. The van der Waals surface area contributed by atoms with E-state index in [-0.39, 0.29) is 36.3 Å². The summed E-state index contributed by atoms with van der Waals surface area (Å²) < 4.78 is 22.7. The van der Waals surface area contributed by atoms with Crippen LogP contribution in [0.25, 0.3) is 0 Å². The van der Waals surface area contributed by atoms with Gasteiger partial charge in [-0.1, -0.05) is 6.92 Å². The molecule has 6 nitrogen and oxygen atoms in total. The molecule has 1 aliphatic rings. The van der Waals surface area contributed by atoms with Crippen molar-refractivity contribution in [1.82, 2.24) is 4.90 Å². The second kappa shape index (κ2) is 6.36. The van der Waals surface area contributed by atoms with Crippen molar-refractivity contribution in [2.75, 3.05) is 24.6 Å². The van der Waals surface area contributed by atoms with Gasteiger partial charge < -0.3 is 10.0 Å². The zero-order valence-corrected chi connectivity index (χ0v) is 12.1. The van der Waals surface area contributed by atoms with Crippen LogP contribution >= 0.6 is 0 Å². The van der Waals surface area contributed by atoms with Crippen molar-refractivity contribution < 1.29 is 23.1 Å². The van der Waals surface area contributed by atoms with Crippen molar-refractivity contribution in [3.63, 3.8) is 0 Å². The van der Waals surface area contributed by atoms with Crippen LogP contribution in [0.4, 0.5) is 0 Å². The van der Waals surface area contributed by atoms with Gasteiger partial charge in [0.25, 0.3) is 0 Å². The van der Waals surface area contributed by atoms with E-state index >= 15 is 0 Å². The van der Waals surface area contributed by atoms with Crippen LogP contribution in [0.3, 0.4) is 0 Å². The zero-order valence-electron chi connectivity index (χ0n) is 11.3. The molecule has 1 aliphatic heterocycles. The fourth-order valence-corrected chi connectivity index (χ4v) is 4.09. The van der Waals surface area contributed by atoms with E-state index in [1.165, 1.54) is 4.90 Å². The summed E-state index contributed by atoms with van der Waals surface area (Å²) in [6, 6.07) is 0. The minimum Gasteiger partial charge on any atom is -0.481 e. The number of aliphatic carboxylic acids is 1. The Hall–Kier alpha value is -1.11. The summed E-state index contributed by atoms with van der Waals surface area (Å²) in [5, 5.41) is 8.84. The normalized spacial score (nSPS) is 22.9. The maximum atomic E-state index is 12.0. The molecule has 7 heteroatoms. The highest BCUT2D eigenvalue weighted by molar-refractivity contribution is 7.91. The van der Waals surface area contributed by atoms with Crippen molar-refractivity contribution in [3.05, 3.63) is 0 Å². The fraction of sp³-hybridized carbons (Fsp3) is 0.833. The van der Waals surface area contributed by atoms with E-state index in [4.69, 9.17) is 5.11 Å². The van der Waals surface area contributed by atoms with Gasteiger partial charge in [0, 0.05) is 19.5 Å². The van der Waals surface area contributed by atoms with Crippen LogP contribution in [-0.2, 0) is 19.4 Å². The molecule has 0 saturated carbocycles. The minimum absolute atomic E-state index is 0.0742. The number of carboxylic acid groups (broad SMARTS) is 1. The number of carbonyl (C=O) groups is 2. The maximum Gasteiger partial charge on any atom is 0.308 e. The second-order valence-electron chi connectivity index (χ2n) is 5.14. The largest absolute Gasteiger partial charge is 0.481 e. The standard InChI is InChI=1S/C12H21NO5S/c1-3-13(7-9(2)12(15)16)11(14)6-10-4-5-19(17,18)8-10/h9-10H,3-8H2,1-2H3,(H,15,16). The van der Waals surface area contributed by atoms with Crippen LogP contribution in [0.2, 0.25) is 0 Å². The molecular formula is C12H21NO5S. The fourth-order valence-electron chi connectivity index (χ4n) is 2.22. The highest BCUT2D eigenvalue weighted by Gasteiger charge is 2.31. The smallest absolute Gasteiger partial charge is 0.308 e. The van der Waals surface area contributed by atoms with Crippen molar-refractivity contribution in [2.24, 2.45) is 11.8 Å². The number of hydrogen-bond acceptors (Lipinski definition) is 4. The molecule has 1 heterocycles. The molecule has 0 aliphatic carbocycles. The van der Waals surface area contributed by atoms with Gasteiger partial charge in [-0.25, -0.2) is 8.42 Å². The average Bonchev–Trinajstić information content (AvgIpc) is 2.64. The van der Waals surface area contributed by atoms with Gasteiger partial charge in [-0.15, -0.1) is 0 Å². The Labute approximate surface area is 113 Å². The van der Waals surface area contributed by atoms with Crippen molar-refractivity contribution in [3.8, 4) is 0 Å². The quantitative estimate of drug-likeness (QED) is 0.764. The Kier molecular flexibility index (Phi) is 5.34. The second-order valence-corrected chi connectivity index (χ2v) is 7.37. The number of hydrogen-bond donors (Lipinski definition) is 1. The first kappa shape index (κ1) is 15.9. The number of amides is 1. The molecule has 2 atom stereocenters. The van der Waals surface area contributed by atoms with Gasteiger partial charge in [-0.05, 0) is 19.3 Å². The van der Waals surface area contributed by atoms with E-state index < -0.39 is 21.7 Å². The molecule has 0 aromatic rings. The van der Waals surface area contributed by atoms with Gasteiger partial charge in [0.2, 0.25) is 5.91 Å². The highest BCUT2D eigenvalue weighted by atomic mass is 32.2. The molecule has 1 saturated heterocycles. The molecule has 0 aromatic carbocycles. The predicted octanol–water partition coefficient (Wildman–Crippen LogP) is 0.380. The van der Waals surface area contributed by atoms with Gasteiger partial charge >= 0.3 is 5.97 Å². The van der Waals surface area contributed by atoms with Crippen LogP contribution in [0.15, 0.2) is 0 Å². The minimum atomic E-state index is -2.97. The van der Waals surface area contributed by atoms with Crippen molar-refractivity contribution in [1.29, 1.82) is 0 Å². The van der Waals surface area contributed by atoms with Crippen LogP contribution in [0.1, 0.15) is 26.7 Å². The lowest BCUT2D eigenvalue weighted by Gasteiger charge is -2.24. The summed E-state index contributed by atoms with van der Waals surface area (Å²) >= 11 is 0. The Morgan fingerprint density at radius 1 is 1.42 bits per heavy atom. The zero-order chi connectivity index (χ0) is 14.6. The molecule has 1 rings (SSSR count). The monoisotopic (exact) mass is 291 g/mol. The number of sulfone groups is 1. The van der Waals surface area contributed by atoms with Gasteiger partial charge in [0.15, 0.2) is 9.84 Å². The van der Waals surface area contributed by atoms with E-state index in [1.54, 1.807) is 13.8 Å². The summed E-state index contributed by atoms with van der Waals surface area (Å²) in [5.74, 6) is -1.59. The highest BCUT2D eigenvalue weighted by Crippen LogP contribution is 2.22. The first-order valence-electron chi connectivity index (χ1n) is 6.46. The third-order valence-electron chi connectivity index (χ3n) is 3.44. The molecule has 0 radical (unpaired) electrons. The Morgan fingerprint density at radius 2 is 2.05 bits per heavy atom.